The minimum Gasteiger partial charge on any atom is -0.481 e. The Morgan fingerprint density at radius 3 is 2.59 bits per heavy atom. The summed E-state index contributed by atoms with van der Waals surface area (Å²) < 4.78 is 11.3. The van der Waals surface area contributed by atoms with Gasteiger partial charge in [-0.1, -0.05) is 12.1 Å². The molecular weight excluding hydrogens is 302 g/mol. The molecule has 1 aliphatic heterocycles. The summed E-state index contributed by atoms with van der Waals surface area (Å²) in [7, 11) is -0.934. The van der Waals surface area contributed by atoms with Crippen molar-refractivity contribution < 1.29 is 18.9 Å². The number of carbonyl (C=O) groups excluding carboxylic acids is 1. The summed E-state index contributed by atoms with van der Waals surface area (Å²) in [6.07, 6.45) is 3.29. The number of carboxylic acid groups (broad SMARTS) is 1. The van der Waals surface area contributed by atoms with Crippen LogP contribution in [0.2, 0.25) is 0 Å². The van der Waals surface area contributed by atoms with Gasteiger partial charge in [-0.3, -0.25) is 13.8 Å². The summed E-state index contributed by atoms with van der Waals surface area (Å²) in [4.78, 5) is 25.0. The Morgan fingerprint density at radius 1 is 1.32 bits per heavy atom. The Labute approximate surface area is 132 Å². The molecule has 0 aliphatic carbocycles. The van der Waals surface area contributed by atoms with Gasteiger partial charge >= 0.3 is 5.97 Å². The fourth-order valence-corrected chi connectivity index (χ4v) is 3.45. The van der Waals surface area contributed by atoms with Crippen molar-refractivity contribution in [1.82, 2.24) is 4.90 Å². The standard InChI is InChI=1S/C16H21NO4S/c1-22(21)11-13-3-2-4-14(9-13)16(20)17-7-5-12(6-8-17)10-15(18)19/h2-4,9,12H,5-8,10-11H2,1H3,(H,18,19). The van der Waals surface area contributed by atoms with Crippen LogP contribution in [0.15, 0.2) is 24.3 Å². The maximum absolute atomic E-state index is 12.5. The van der Waals surface area contributed by atoms with Gasteiger partial charge in [-0.05, 0) is 36.5 Å². The lowest BCUT2D eigenvalue weighted by molar-refractivity contribution is -0.138. The number of likely N-dealkylation sites (tertiary alicyclic amines) is 1. The molecule has 1 N–H and O–H groups in total. The van der Waals surface area contributed by atoms with E-state index in [0.29, 0.717) is 24.4 Å². The highest BCUT2D eigenvalue weighted by atomic mass is 32.2. The maximum Gasteiger partial charge on any atom is 0.303 e. The monoisotopic (exact) mass is 323 g/mol. The number of carbonyl (C=O) groups is 2. The van der Waals surface area contributed by atoms with Crippen molar-refractivity contribution in [3.05, 3.63) is 35.4 Å². The minimum atomic E-state index is -0.934. The number of carboxylic acids is 1. The quantitative estimate of drug-likeness (QED) is 0.898. The fraction of sp³-hybridized carbons (Fsp3) is 0.500. The molecular formula is C16H21NO4S. The third kappa shape index (κ3) is 4.66. The highest BCUT2D eigenvalue weighted by Crippen LogP contribution is 2.22. The van der Waals surface area contributed by atoms with Crippen molar-refractivity contribution in [3.63, 3.8) is 0 Å². The Morgan fingerprint density at radius 2 is 2.00 bits per heavy atom. The number of rotatable bonds is 5. The first-order chi connectivity index (χ1) is 10.5. The van der Waals surface area contributed by atoms with Crippen molar-refractivity contribution in [1.29, 1.82) is 0 Å². The predicted octanol–water partition coefficient (Wildman–Crippen LogP) is 1.89. The summed E-state index contributed by atoms with van der Waals surface area (Å²) in [5.74, 6) is -0.195. The molecule has 1 aromatic rings. The van der Waals surface area contributed by atoms with Gasteiger partial charge in [-0.2, -0.15) is 0 Å². The van der Waals surface area contributed by atoms with Crippen LogP contribution in [0.5, 0.6) is 0 Å². The van der Waals surface area contributed by atoms with Crippen LogP contribution >= 0.6 is 0 Å². The fourth-order valence-electron chi connectivity index (χ4n) is 2.80. The SMILES string of the molecule is CS(=O)Cc1cccc(C(=O)N2CCC(CC(=O)O)CC2)c1. The lowest BCUT2D eigenvalue weighted by Crippen LogP contribution is -2.38. The Balaban J connectivity index is 1.98. The second-order valence-electron chi connectivity index (χ2n) is 5.75. The molecule has 1 aliphatic rings. The molecule has 22 heavy (non-hydrogen) atoms. The number of piperidine rings is 1. The molecule has 0 bridgehead atoms. The Kier molecular flexibility index (Phi) is 5.71. The molecule has 0 saturated carbocycles. The summed E-state index contributed by atoms with van der Waals surface area (Å²) in [5.41, 5.74) is 1.51. The van der Waals surface area contributed by atoms with Crippen LogP contribution in [0.4, 0.5) is 0 Å². The third-order valence-electron chi connectivity index (χ3n) is 3.91. The number of benzene rings is 1. The molecule has 6 heteroatoms. The second-order valence-corrected chi connectivity index (χ2v) is 7.19. The van der Waals surface area contributed by atoms with Gasteiger partial charge in [0.15, 0.2) is 0 Å². The highest BCUT2D eigenvalue weighted by molar-refractivity contribution is 7.83. The molecule has 0 spiro atoms. The molecule has 120 valence electrons. The van der Waals surface area contributed by atoms with Crippen LogP contribution in [0.3, 0.4) is 0 Å². The summed E-state index contributed by atoms with van der Waals surface area (Å²) >= 11 is 0. The molecule has 0 radical (unpaired) electrons. The molecule has 1 unspecified atom stereocenters. The average molecular weight is 323 g/mol. The third-order valence-corrected chi connectivity index (χ3v) is 4.65. The van der Waals surface area contributed by atoms with Crippen molar-refractivity contribution in [2.75, 3.05) is 19.3 Å². The lowest BCUT2D eigenvalue weighted by atomic mass is 9.93. The number of nitrogens with zero attached hydrogens (tertiary/aromatic N) is 1. The van der Waals surface area contributed by atoms with Gasteiger partial charge in [0.25, 0.3) is 5.91 Å². The van der Waals surface area contributed by atoms with E-state index in [0.717, 1.165) is 18.4 Å². The van der Waals surface area contributed by atoms with Gasteiger partial charge in [0.05, 0.1) is 0 Å². The van der Waals surface area contributed by atoms with Crippen LogP contribution in [0.25, 0.3) is 0 Å². The second kappa shape index (κ2) is 7.54. The van der Waals surface area contributed by atoms with Gasteiger partial charge < -0.3 is 10.0 Å². The van der Waals surface area contributed by atoms with E-state index in [1.165, 1.54) is 0 Å². The molecule has 1 amide bonds. The largest absolute Gasteiger partial charge is 0.481 e. The maximum atomic E-state index is 12.5. The number of aliphatic carboxylic acids is 1. The van der Waals surface area contributed by atoms with Crippen molar-refractivity contribution in [2.45, 2.75) is 25.0 Å². The van der Waals surface area contributed by atoms with Crippen LogP contribution in [-0.4, -0.2) is 45.4 Å². The smallest absolute Gasteiger partial charge is 0.303 e. The molecule has 1 fully saturated rings. The first-order valence-corrected chi connectivity index (χ1v) is 9.08. The van der Waals surface area contributed by atoms with E-state index >= 15 is 0 Å². The molecule has 1 aromatic carbocycles. The van der Waals surface area contributed by atoms with Crippen molar-refractivity contribution >= 4 is 22.7 Å². The summed E-state index contributed by atoms with van der Waals surface area (Å²) in [6, 6.07) is 7.25. The van der Waals surface area contributed by atoms with Gasteiger partial charge in [-0.25, -0.2) is 0 Å². The minimum absolute atomic E-state index is 0.0301. The van der Waals surface area contributed by atoms with E-state index in [-0.39, 0.29) is 18.2 Å². The van der Waals surface area contributed by atoms with Crippen LogP contribution in [0.1, 0.15) is 35.2 Å². The number of hydrogen-bond acceptors (Lipinski definition) is 3. The highest BCUT2D eigenvalue weighted by Gasteiger charge is 2.25. The predicted molar refractivity (Wildman–Crippen MR) is 85.1 cm³/mol. The van der Waals surface area contributed by atoms with E-state index in [9.17, 15) is 13.8 Å². The lowest BCUT2D eigenvalue weighted by Gasteiger charge is -2.31. The van der Waals surface area contributed by atoms with E-state index in [1.54, 1.807) is 23.3 Å². The number of amides is 1. The average Bonchev–Trinajstić information content (AvgIpc) is 2.46. The summed E-state index contributed by atoms with van der Waals surface area (Å²) in [6.45, 7) is 1.20. The Hall–Kier alpha value is -1.69. The van der Waals surface area contributed by atoms with E-state index < -0.39 is 16.8 Å². The van der Waals surface area contributed by atoms with Crippen molar-refractivity contribution in [3.8, 4) is 0 Å². The zero-order valence-electron chi connectivity index (χ0n) is 12.7. The molecule has 2 rings (SSSR count). The topological polar surface area (TPSA) is 74.7 Å². The first-order valence-electron chi connectivity index (χ1n) is 7.35. The van der Waals surface area contributed by atoms with Gasteiger partial charge in [0.2, 0.25) is 0 Å². The van der Waals surface area contributed by atoms with Gasteiger partial charge in [-0.15, -0.1) is 0 Å². The van der Waals surface area contributed by atoms with Crippen molar-refractivity contribution in [2.24, 2.45) is 5.92 Å². The normalized spacial score (nSPS) is 17.2. The molecule has 1 atom stereocenters. The van der Waals surface area contributed by atoms with E-state index in [4.69, 9.17) is 5.11 Å². The molecule has 1 saturated heterocycles. The zero-order valence-corrected chi connectivity index (χ0v) is 13.5. The molecule has 1 heterocycles. The molecule has 5 nitrogen and oxygen atoms in total. The van der Waals surface area contributed by atoms with Gasteiger partial charge in [0.1, 0.15) is 0 Å². The van der Waals surface area contributed by atoms with Crippen LogP contribution in [-0.2, 0) is 21.3 Å². The van der Waals surface area contributed by atoms with Gasteiger partial charge in [0, 0.05) is 47.9 Å². The zero-order chi connectivity index (χ0) is 16.1. The summed E-state index contributed by atoms with van der Waals surface area (Å²) in [5, 5.41) is 8.82. The Bertz CT molecular complexity index is 579. The number of hydrogen-bond donors (Lipinski definition) is 1. The first kappa shape index (κ1) is 16.7. The molecule has 0 aromatic heterocycles. The van der Waals surface area contributed by atoms with E-state index in [2.05, 4.69) is 0 Å². The van der Waals surface area contributed by atoms with Crippen LogP contribution < -0.4 is 0 Å². The van der Waals surface area contributed by atoms with E-state index in [1.807, 2.05) is 12.1 Å². The van der Waals surface area contributed by atoms with Crippen LogP contribution in [0, 0.1) is 5.92 Å².